The summed E-state index contributed by atoms with van der Waals surface area (Å²) in [6.45, 7) is 3.68. The fourth-order valence-corrected chi connectivity index (χ4v) is 4.08. The molecule has 0 saturated carbocycles. The quantitative estimate of drug-likeness (QED) is 0.686. The maximum atomic E-state index is 12.5. The third-order valence-corrected chi connectivity index (χ3v) is 5.60. The van der Waals surface area contributed by atoms with Crippen LogP contribution in [0.5, 0.6) is 0 Å². The van der Waals surface area contributed by atoms with Gasteiger partial charge in [-0.15, -0.1) is 0 Å². The minimum absolute atomic E-state index is 0.0528. The Bertz CT molecular complexity index is 996. The van der Waals surface area contributed by atoms with Gasteiger partial charge in [-0.2, -0.15) is 4.98 Å². The van der Waals surface area contributed by atoms with Gasteiger partial charge >= 0.3 is 0 Å². The Balaban J connectivity index is 1.31. The second-order valence-electron chi connectivity index (χ2n) is 7.36. The van der Waals surface area contributed by atoms with Gasteiger partial charge in [0.1, 0.15) is 5.82 Å². The zero-order valence-electron chi connectivity index (χ0n) is 16.2. The predicted octanol–water partition coefficient (Wildman–Crippen LogP) is 3.12. The first-order valence-corrected chi connectivity index (χ1v) is 10.1. The molecule has 0 spiro atoms. The lowest BCUT2D eigenvalue weighted by molar-refractivity contribution is 0.0714. The smallest absolute Gasteiger partial charge is 0.289 e. The van der Waals surface area contributed by atoms with Crippen LogP contribution in [0.4, 0.5) is 17.5 Å². The van der Waals surface area contributed by atoms with Crippen LogP contribution in [0.15, 0.2) is 59.3 Å². The van der Waals surface area contributed by atoms with Gasteiger partial charge in [0.05, 0.1) is 6.26 Å². The van der Waals surface area contributed by atoms with E-state index in [1.54, 1.807) is 12.1 Å². The van der Waals surface area contributed by atoms with Crippen molar-refractivity contribution in [2.75, 3.05) is 42.5 Å². The van der Waals surface area contributed by atoms with Crippen LogP contribution >= 0.6 is 0 Å². The Labute approximate surface area is 169 Å². The van der Waals surface area contributed by atoms with Crippen molar-refractivity contribution in [3.05, 3.63) is 66.2 Å². The van der Waals surface area contributed by atoms with Gasteiger partial charge in [0.25, 0.3) is 5.91 Å². The summed E-state index contributed by atoms with van der Waals surface area (Å²) in [5.74, 6) is 1.99. The SMILES string of the molecule is O=C(c1ccco1)N1CCN(c2ccnc(N3CCCc4ccccc43)n2)CC1. The van der Waals surface area contributed by atoms with Crippen LogP contribution in [0.25, 0.3) is 0 Å². The number of aromatic nitrogens is 2. The number of fused-ring (bicyclic) bond motifs is 1. The lowest BCUT2D eigenvalue weighted by Gasteiger charge is -2.35. The molecule has 148 valence electrons. The molecular formula is C22H23N5O2. The molecule has 0 bridgehead atoms. The van der Waals surface area contributed by atoms with E-state index in [4.69, 9.17) is 9.40 Å². The zero-order chi connectivity index (χ0) is 19.6. The average molecular weight is 389 g/mol. The molecule has 0 unspecified atom stereocenters. The number of hydrogen-bond acceptors (Lipinski definition) is 6. The van der Waals surface area contributed by atoms with Crippen molar-refractivity contribution in [3.63, 3.8) is 0 Å². The van der Waals surface area contributed by atoms with Crippen molar-refractivity contribution in [1.82, 2.24) is 14.9 Å². The van der Waals surface area contributed by atoms with E-state index in [1.165, 1.54) is 17.5 Å². The topological polar surface area (TPSA) is 65.7 Å². The molecule has 1 saturated heterocycles. The number of carbonyl (C=O) groups excluding carboxylic acids is 1. The molecule has 1 amide bonds. The van der Waals surface area contributed by atoms with E-state index in [1.807, 2.05) is 17.2 Å². The molecule has 1 fully saturated rings. The summed E-state index contributed by atoms with van der Waals surface area (Å²) in [6, 6.07) is 13.9. The molecule has 7 heteroatoms. The van der Waals surface area contributed by atoms with E-state index < -0.39 is 0 Å². The van der Waals surface area contributed by atoms with Crippen molar-refractivity contribution < 1.29 is 9.21 Å². The van der Waals surface area contributed by atoms with Crippen molar-refractivity contribution in [1.29, 1.82) is 0 Å². The summed E-state index contributed by atoms with van der Waals surface area (Å²) in [4.78, 5) is 28.1. The Morgan fingerprint density at radius 3 is 2.66 bits per heavy atom. The molecule has 0 atom stereocenters. The first-order valence-electron chi connectivity index (χ1n) is 10.1. The zero-order valence-corrected chi connectivity index (χ0v) is 16.2. The first-order chi connectivity index (χ1) is 14.3. The second-order valence-corrected chi connectivity index (χ2v) is 7.36. The van der Waals surface area contributed by atoms with Crippen LogP contribution in [-0.2, 0) is 6.42 Å². The number of rotatable bonds is 3. The van der Waals surface area contributed by atoms with Crippen LogP contribution in [0.2, 0.25) is 0 Å². The van der Waals surface area contributed by atoms with Crippen LogP contribution in [0.3, 0.4) is 0 Å². The number of para-hydroxylation sites is 1. The van der Waals surface area contributed by atoms with Gasteiger partial charge in [-0.05, 0) is 42.7 Å². The highest BCUT2D eigenvalue weighted by Crippen LogP contribution is 2.32. The molecule has 1 aromatic carbocycles. The van der Waals surface area contributed by atoms with Gasteiger partial charge in [-0.3, -0.25) is 4.79 Å². The maximum Gasteiger partial charge on any atom is 0.289 e. The van der Waals surface area contributed by atoms with E-state index >= 15 is 0 Å². The van der Waals surface area contributed by atoms with Gasteiger partial charge in [0.2, 0.25) is 5.95 Å². The number of nitrogens with zero attached hydrogens (tertiary/aromatic N) is 5. The lowest BCUT2D eigenvalue weighted by Crippen LogP contribution is -2.49. The number of piperazine rings is 1. The van der Waals surface area contributed by atoms with Gasteiger partial charge in [0, 0.05) is 44.6 Å². The first kappa shape index (κ1) is 17.7. The van der Waals surface area contributed by atoms with Crippen LogP contribution in [-0.4, -0.2) is 53.5 Å². The largest absolute Gasteiger partial charge is 0.459 e. The Kier molecular flexibility index (Phi) is 4.63. The molecule has 4 heterocycles. The number of hydrogen-bond donors (Lipinski definition) is 0. The Morgan fingerprint density at radius 1 is 0.966 bits per heavy atom. The third kappa shape index (κ3) is 3.44. The molecule has 29 heavy (non-hydrogen) atoms. The van der Waals surface area contributed by atoms with Gasteiger partial charge < -0.3 is 19.1 Å². The highest BCUT2D eigenvalue weighted by molar-refractivity contribution is 5.91. The summed E-state index contributed by atoms with van der Waals surface area (Å²) in [5, 5.41) is 0. The van der Waals surface area contributed by atoms with E-state index in [0.717, 1.165) is 44.2 Å². The second kappa shape index (κ2) is 7.58. The van der Waals surface area contributed by atoms with E-state index in [9.17, 15) is 4.79 Å². The molecule has 2 aromatic heterocycles. The van der Waals surface area contributed by atoms with Gasteiger partial charge in [0.15, 0.2) is 5.76 Å². The van der Waals surface area contributed by atoms with Gasteiger partial charge in [-0.25, -0.2) is 4.98 Å². The fourth-order valence-electron chi connectivity index (χ4n) is 4.08. The van der Waals surface area contributed by atoms with E-state index in [2.05, 4.69) is 39.0 Å². The number of benzene rings is 1. The predicted molar refractivity (Wildman–Crippen MR) is 111 cm³/mol. The maximum absolute atomic E-state index is 12.5. The number of anilines is 3. The minimum Gasteiger partial charge on any atom is -0.459 e. The standard InChI is InChI=1S/C22H23N5O2/c28-21(19-8-4-16-29-19)26-14-12-25(13-15-26)20-9-10-23-22(24-20)27-11-3-6-17-5-1-2-7-18(17)27/h1-2,4-5,7-10,16H,3,6,11-15H2. The Morgan fingerprint density at radius 2 is 1.83 bits per heavy atom. The number of amides is 1. The van der Waals surface area contributed by atoms with E-state index in [0.29, 0.717) is 18.8 Å². The highest BCUT2D eigenvalue weighted by atomic mass is 16.3. The number of carbonyl (C=O) groups is 1. The van der Waals surface area contributed by atoms with Crippen molar-refractivity contribution in [3.8, 4) is 0 Å². The molecular weight excluding hydrogens is 366 g/mol. The molecule has 0 N–H and O–H groups in total. The van der Waals surface area contributed by atoms with Crippen molar-refractivity contribution in [2.24, 2.45) is 0 Å². The third-order valence-electron chi connectivity index (χ3n) is 5.60. The Hall–Kier alpha value is -3.35. The van der Waals surface area contributed by atoms with Crippen LogP contribution < -0.4 is 9.80 Å². The molecule has 0 radical (unpaired) electrons. The molecule has 2 aliphatic rings. The minimum atomic E-state index is -0.0528. The average Bonchev–Trinajstić information content (AvgIpc) is 3.33. The molecule has 0 aliphatic carbocycles. The molecule has 3 aromatic rings. The lowest BCUT2D eigenvalue weighted by atomic mass is 10.0. The van der Waals surface area contributed by atoms with E-state index in [-0.39, 0.29) is 5.91 Å². The summed E-state index contributed by atoms with van der Waals surface area (Å²) in [6.07, 6.45) is 5.55. The van der Waals surface area contributed by atoms with Crippen LogP contribution in [0.1, 0.15) is 22.5 Å². The molecule has 7 nitrogen and oxygen atoms in total. The number of aryl methyl sites for hydroxylation is 1. The van der Waals surface area contributed by atoms with Gasteiger partial charge in [-0.1, -0.05) is 18.2 Å². The summed E-state index contributed by atoms with van der Waals surface area (Å²) >= 11 is 0. The van der Waals surface area contributed by atoms with Crippen molar-refractivity contribution >= 4 is 23.4 Å². The molecule has 2 aliphatic heterocycles. The summed E-state index contributed by atoms with van der Waals surface area (Å²) in [5.41, 5.74) is 2.54. The number of furan rings is 1. The summed E-state index contributed by atoms with van der Waals surface area (Å²) in [7, 11) is 0. The van der Waals surface area contributed by atoms with Crippen molar-refractivity contribution in [2.45, 2.75) is 12.8 Å². The van der Waals surface area contributed by atoms with Crippen LogP contribution in [0, 0.1) is 0 Å². The normalized spacial score (nSPS) is 16.6. The monoisotopic (exact) mass is 389 g/mol. The summed E-state index contributed by atoms with van der Waals surface area (Å²) < 4.78 is 5.24. The molecule has 5 rings (SSSR count). The highest BCUT2D eigenvalue weighted by Gasteiger charge is 2.25. The fraction of sp³-hybridized carbons (Fsp3) is 0.318.